The van der Waals surface area contributed by atoms with Crippen LogP contribution in [-0.4, -0.2) is 16.1 Å². The molecule has 0 amide bonds. The summed E-state index contributed by atoms with van der Waals surface area (Å²) in [5.74, 6) is 0.602. The summed E-state index contributed by atoms with van der Waals surface area (Å²) >= 11 is 1.68. The van der Waals surface area contributed by atoms with E-state index in [0.717, 1.165) is 29.5 Å². The van der Waals surface area contributed by atoms with Gasteiger partial charge in [0.15, 0.2) is 0 Å². The topological polar surface area (TPSA) is 61.0 Å². The van der Waals surface area contributed by atoms with E-state index < -0.39 is 0 Å². The van der Waals surface area contributed by atoms with Crippen LogP contribution in [0.25, 0.3) is 10.2 Å². The minimum Gasteiger partial charge on any atom is -0.383 e. The van der Waals surface area contributed by atoms with E-state index in [1.165, 1.54) is 16.8 Å². The van der Waals surface area contributed by atoms with Crippen molar-refractivity contribution >= 4 is 27.4 Å². The van der Waals surface area contributed by atoms with E-state index in [4.69, 9.17) is 10.5 Å². The van der Waals surface area contributed by atoms with Gasteiger partial charge in [0, 0.05) is 11.3 Å². The van der Waals surface area contributed by atoms with Crippen LogP contribution in [0.4, 0.5) is 5.82 Å². The summed E-state index contributed by atoms with van der Waals surface area (Å²) in [6.45, 7) is 2.88. The number of hydrogen-bond donors (Lipinski definition) is 1. The fourth-order valence-electron chi connectivity index (χ4n) is 2.38. The molecule has 3 heterocycles. The Morgan fingerprint density at radius 3 is 3.24 bits per heavy atom. The Morgan fingerprint density at radius 2 is 2.41 bits per heavy atom. The summed E-state index contributed by atoms with van der Waals surface area (Å²) in [6.07, 6.45) is 5.05. The van der Waals surface area contributed by atoms with E-state index in [1.807, 2.05) is 0 Å². The number of anilines is 1. The fourth-order valence-corrected chi connectivity index (χ4v) is 3.48. The van der Waals surface area contributed by atoms with E-state index in [9.17, 15) is 0 Å². The van der Waals surface area contributed by atoms with Crippen molar-refractivity contribution < 1.29 is 4.74 Å². The molecular weight excluding hydrogens is 234 g/mol. The summed E-state index contributed by atoms with van der Waals surface area (Å²) in [4.78, 5) is 10.6. The minimum absolute atomic E-state index is 0.324. The molecule has 2 aromatic rings. The molecule has 2 aromatic heterocycles. The maximum absolute atomic E-state index is 5.96. The molecule has 3 rings (SSSR count). The Hall–Kier alpha value is -1.20. The van der Waals surface area contributed by atoms with Crippen LogP contribution >= 0.6 is 11.3 Å². The molecule has 0 saturated carbocycles. The number of rotatable bonds is 2. The minimum atomic E-state index is 0.324. The predicted molar refractivity (Wildman–Crippen MR) is 69.0 cm³/mol. The highest BCUT2D eigenvalue weighted by molar-refractivity contribution is 7.18. The van der Waals surface area contributed by atoms with Crippen molar-refractivity contribution in [2.24, 2.45) is 0 Å². The normalized spacial score (nSPS) is 19.5. The quantitative estimate of drug-likeness (QED) is 0.888. The van der Waals surface area contributed by atoms with E-state index >= 15 is 0 Å². The highest BCUT2D eigenvalue weighted by Gasteiger charge is 2.24. The molecule has 0 unspecified atom stereocenters. The van der Waals surface area contributed by atoms with Gasteiger partial charge in [0.25, 0.3) is 0 Å². The second kappa shape index (κ2) is 4.23. The Kier molecular flexibility index (Phi) is 2.72. The molecule has 0 fully saturated rings. The highest BCUT2D eigenvalue weighted by atomic mass is 32.1. The number of nitrogens with zero attached hydrogens (tertiary/aromatic N) is 2. The van der Waals surface area contributed by atoms with E-state index in [-0.39, 0.29) is 0 Å². The number of aromatic nitrogens is 2. The van der Waals surface area contributed by atoms with Gasteiger partial charge in [0.1, 0.15) is 17.0 Å². The van der Waals surface area contributed by atoms with Gasteiger partial charge < -0.3 is 10.5 Å². The Morgan fingerprint density at radius 1 is 1.53 bits per heavy atom. The Bertz CT molecular complexity index is 552. The van der Waals surface area contributed by atoms with Crippen molar-refractivity contribution in [2.75, 3.05) is 5.73 Å². The first-order valence-electron chi connectivity index (χ1n) is 5.92. The van der Waals surface area contributed by atoms with Crippen molar-refractivity contribution in [1.29, 1.82) is 0 Å². The molecule has 17 heavy (non-hydrogen) atoms. The van der Waals surface area contributed by atoms with Gasteiger partial charge in [-0.05, 0) is 12.0 Å². The molecule has 0 aliphatic carbocycles. The number of thiophene rings is 1. The van der Waals surface area contributed by atoms with E-state index in [0.29, 0.717) is 18.5 Å². The lowest BCUT2D eigenvalue weighted by molar-refractivity contribution is 0.0254. The number of ether oxygens (including phenoxy) is 1. The zero-order chi connectivity index (χ0) is 11.8. The summed E-state index contributed by atoms with van der Waals surface area (Å²) in [5, 5.41) is 1.05. The molecule has 0 bridgehead atoms. The van der Waals surface area contributed by atoms with Crippen LogP contribution in [0.15, 0.2) is 6.33 Å². The van der Waals surface area contributed by atoms with Crippen molar-refractivity contribution in [3.05, 3.63) is 16.8 Å². The van der Waals surface area contributed by atoms with Crippen molar-refractivity contribution in [1.82, 2.24) is 9.97 Å². The van der Waals surface area contributed by atoms with Crippen LogP contribution in [0, 0.1) is 0 Å². The van der Waals surface area contributed by atoms with Gasteiger partial charge in [-0.1, -0.05) is 13.3 Å². The van der Waals surface area contributed by atoms with Gasteiger partial charge in [0.05, 0.1) is 18.1 Å². The average molecular weight is 249 g/mol. The molecular formula is C12H15N3OS. The number of nitrogen functional groups attached to an aromatic ring is 1. The Balaban J connectivity index is 2.08. The number of hydrogen-bond acceptors (Lipinski definition) is 5. The summed E-state index contributed by atoms with van der Waals surface area (Å²) in [6, 6.07) is 0. The summed E-state index contributed by atoms with van der Waals surface area (Å²) < 4.78 is 5.84. The molecule has 90 valence electrons. The van der Waals surface area contributed by atoms with Gasteiger partial charge in [0.2, 0.25) is 0 Å². The fraction of sp³-hybridized carbons (Fsp3) is 0.500. The smallest absolute Gasteiger partial charge is 0.135 e. The second-order valence-electron chi connectivity index (χ2n) is 4.37. The van der Waals surface area contributed by atoms with Gasteiger partial charge in [-0.3, -0.25) is 0 Å². The average Bonchev–Trinajstić information content (AvgIpc) is 2.68. The van der Waals surface area contributed by atoms with E-state index in [1.54, 1.807) is 11.3 Å². The maximum Gasteiger partial charge on any atom is 0.135 e. The molecule has 1 aliphatic rings. The molecule has 0 saturated heterocycles. The molecule has 0 spiro atoms. The van der Waals surface area contributed by atoms with Crippen LogP contribution in [0.5, 0.6) is 0 Å². The first kappa shape index (κ1) is 10.9. The lowest BCUT2D eigenvalue weighted by Gasteiger charge is -2.22. The van der Waals surface area contributed by atoms with Gasteiger partial charge >= 0.3 is 0 Å². The Labute approximate surface area is 104 Å². The van der Waals surface area contributed by atoms with Gasteiger partial charge in [-0.25, -0.2) is 9.97 Å². The van der Waals surface area contributed by atoms with Crippen molar-refractivity contribution in [3.8, 4) is 0 Å². The number of fused-ring (bicyclic) bond motifs is 3. The third kappa shape index (κ3) is 1.79. The largest absolute Gasteiger partial charge is 0.383 e. The zero-order valence-corrected chi connectivity index (χ0v) is 10.6. The first-order chi connectivity index (χ1) is 8.29. The third-order valence-corrected chi connectivity index (χ3v) is 4.31. The summed E-state index contributed by atoms with van der Waals surface area (Å²) in [7, 11) is 0. The van der Waals surface area contributed by atoms with Crippen LogP contribution in [0.1, 0.15) is 30.2 Å². The standard InChI is InChI=1S/C12H15N3OS/c1-2-3-7-4-8-9(5-16-7)17-12-10(8)11(13)14-6-15-12/h6-7H,2-5H2,1H3,(H2,13,14,15)/t7-/m0/s1. The van der Waals surface area contributed by atoms with Gasteiger partial charge in [-0.15, -0.1) is 11.3 Å². The lowest BCUT2D eigenvalue weighted by atomic mass is 10.0. The molecule has 2 N–H and O–H groups in total. The summed E-state index contributed by atoms with van der Waals surface area (Å²) in [5.41, 5.74) is 7.27. The SMILES string of the molecule is CCC[C@H]1Cc2c(sc3ncnc(N)c23)CO1. The molecule has 4 nitrogen and oxygen atoms in total. The van der Waals surface area contributed by atoms with Crippen LogP contribution < -0.4 is 5.73 Å². The van der Waals surface area contributed by atoms with Crippen LogP contribution in [0.2, 0.25) is 0 Å². The second-order valence-corrected chi connectivity index (χ2v) is 5.45. The highest BCUT2D eigenvalue weighted by Crippen LogP contribution is 2.37. The van der Waals surface area contributed by atoms with E-state index in [2.05, 4.69) is 16.9 Å². The monoisotopic (exact) mass is 249 g/mol. The van der Waals surface area contributed by atoms with Crippen molar-refractivity contribution in [3.63, 3.8) is 0 Å². The van der Waals surface area contributed by atoms with Crippen LogP contribution in [0.3, 0.4) is 0 Å². The zero-order valence-electron chi connectivity index (χ0n) is 9.77. The molecule has 5 heteroatoms. The number of nitrogens with two attached hydrogens (primary N) is 1. The maximum atomic E-state index is 5.96. The third-order valence-electron chi connectivity index (χ3n) is 3.19. The lowest BCUT2D eigenvalue weighted by Crippen LogP contribution is -2.21. The molecule has 0 aromatic carbocycles. The molecule has 1 aliphatic heterocycles. The van der Waals surface area contributed by atoms with Crippen molar-refractivity contribution in [2.45, 2.75) is 38.9 Å². The molecule has 0 radical (unpaired) electrons. The molecule has 1 atom stereocenters. The van der Waals surface area contributed by atoms with Gasteiger partial charge in [-0.2, -0.15) is 0 Å². The predicted octanol–water partition coefficient (Wildman–Crippen LogP) is 2.51. The van der Waals surface area contributed by atoms with Crippen LogP contribution in [-0.2, 0) is 17.8 Å². The first-order valence-corrected chi connectivity index (χ1v) is 6.73.